The van der Waals surface area contributed by atoms with Crippen LogP contribution in [0.15, 0.2) is 18.2 Å². The normalized spacial score (nSPS) is 14.9. The molecule has 0 atom stereocenters. The van der Waals surface area contributed by atoms with Crippen LogP contribution < -0.4 is 11.1 Å². The van der Waals surface area contributed by atoms with Crippen molar-refractivity contribution in [1.29, 1.82) is 0 Å². The second kappa shape index (κ2) is 6.36. The number of nitrogen functional groups attached to an aromatic ring is 1. The first kappa shape index (κ1) is 14.3. The standard InChI is InChI=1S/C14H18FN3O2/c15-11-5-4-10(8-12(11)16)14(20)17-9-13(19)18-6-2-1-3-7-18/h4-5,8H,1-3,6-7,9,16H2,(H,17,20). The molecule has 0 radical (unpaired) electrons. The molecule has 0 aliphatic carbocycles. The highest BCUT2D eigenvalue weighted by Gasteiger charge is 2.17. The van der Waals surface area contributed by atoms with Crippen molar-refractivity contribution in [2.75, 3.05) is 25.4 Å². The van der Waals surface area contributed by atoms with Gasteiger partial charge in [-0.1, -0.05) is 0 Å². The summed E-state index contributed by atoms with van der Waals surface area (Å²) in [6, 6.07) is 3.74. The zero-order valence-corrected chi connectivity index (χ0v) is 11.2. The van der Waals surface area contributed by atoms with Gasteiger partial charge < -0.3 is 16.0 Å². The number of anilines is 1. The zero-order chi connectivity index (χ0) is 14.5. The fourth-order valence-electron chi connectivity index (χ4n) is 2.20. The molecule has 1 aliphatic rings. The van der Waals surface area contributed by atoms with Crippen LogP contribution in [0.3, 0.4) is 0 Å². The third-order valence-corrected chi connectivity index (χ3v) is 3.37. The zero-order valence-electron chi connectivity index (χ0n) is 11.2. The predicted molar refractivity (Wildman–Crippen MR) is 73.6 cm³/mol. The van der Waals surface area contributed by atoms with E-state index < -0.39 is 11.7 Å². The molecule has 1 aromatic carbocycles. The van der Waals surface area contributed by atoms with E-state index in [9.17, 15) is 14.0 Å². The van der Waals surface area contributed by atoms with Crippen LogP contribution in [-0.4, -0.2) is 36.3 Å². The summed E-state index contributed by atoms with van der Waals surface area (Å²) in [4.78, 5) is 25.5. The lowest BCUT2D eigenvalue weighted by molar-refractivity contribution is -0.130. The number of likely N-dealkylation sites (tertiary alicyclic amines) is 1. The van der Waals surface area contributed by atoms with Crippen LogP contribution in [0.1, 0.15) is 29.6 Å². The van der Waals surface area contributed by atoms with E-state index >= 15 is 0 Å². The van der Waals surface area contributed by atoms with Crippen molar-refractivity contribution in [1.82, 2.24) is 10.2 Å². The molecule has 1 heterocycles. The number of nitrogens with two attached hydrogens (primary N) is 1. The van der Waals surface area contributed by atoms with Crippen LogP contribution in [0.4, 0.5) is 10.1 Å². The third kappa shape index (κ3) is 3.46. The molecule has 0 unspecified atom stereocenters. The summed E-state index contributed by atoms with van der Waals surface area (Å²) in [5.41, 5.74) is 5.56. The molecular formula is C14H18FN3O2. The summed E-state index contributed by atoms with van der Waals surface area (Å²) in [5.74, 6) is -1.08. The number of piperidine rings is 1. The highest BCUT2D eigenvalue weighted by atomic mass is 19.1. The molecule has 0 spiro atoms. The van der Waals surface area contributed by atoms with Crippen LogP contribution in [0.2, 0.25) is 0 Å². The first-order valence-corrected chi connectivity index (χ1v) is 6.69. The first-order chi connectivity index (χ1) is 9.58. The summed E-state index contributed by atoms with van der Waals surface area (Å²) in [6.45, 7) is 1.45. The minimum atomic E-state index is -0.564. The van der Waals surface area contributed by atoms with Gasteiger partial charge in [0, 0.05) is 18.7 Å². The van der Waals surface area contributed by atoms with Crippen molar-refractivity contribution in [3.05, 3.63) is 29.6 Å². The van der Waals surface area contributed by atoms with E-state index in [4.69, 9.17) is 5.73 Å². The van der Waals surface area contributed by atoms with Crippen LogP contribution in [0.5, 0.6) is 0 Å². The quantitative estimate of drug-likeness (QED) is 0.815. The molecule has 1 aromatic rings. The van der Waals surface area contributed by atoms with Gasteiger partial charge in [-0.3, -0.25) is 9.59 Å². The van der Waals surface area contributed by atoms with E-state index in [2.05, 4.69) is 5.32 Å². The van der Waals surface area contributed by atoms with Gasteiger partial charge >= 0.3 is 0 Å². The number of amides is 2. The third-order valence-electron chi connectivity index (χ3n) is 3.37. The smallest absolute Gasteiger partial charge is 0.251 e. The lowest BCUT2D eigenvalue weighted by Crippen LogP contribution is -2.42. The van der Waals surface area contributed by atoms with Crippen molar-refractivity contribution in [3.63, 3.8) is 0 Å². The Hall–Kier alpha value is -2.11. The summed E-state index contributed by atoms with van der Waals surface area (Å²) in [5, 5.41) is 2.53. The molecule has 1 fully saturated rings. The molecule has 0 aromatic heterocycles. The van der Waals surface area contributed by atoms with Gasteiger partial charge in [0.05, 0.1) is 12.2 Å². The highest BCUT2D eigenvalue weighted by Crippen LogP contribution is 2.12. The van der Waals surface area contributed by atoms with E-state index in [0.717, 1.165) is 38.4 Å². The maximum absolute atomic E-state index is 13.0. The Balaban J connectivity index is 1.88. The van der Waals surface area contributed by atoms with Gasteiger partial charge in [0.25, 0.3) is 5.91 Å². The SMILES string of the molecule is Nc1cc(C(=O)NCC(=O)N2CCCCC2)ccc1F. The van der Waals surface area contributed by atoms with E-state index in [0.29, 0.717) is 0 Å². The van der Waals surface area contributed by atoms with Crippen molar-refractivity contribution in [3.8, 4) is 0 Å². The Morgan fingerprint density at radius 2 is 1.95 bits per heavy atom. The van der Waals surface area contributed by atoms with Crippen molar-refractivity contribution in [2.45, 2.75) is 19.3 Å². The first-order valence-electron chi connectivity index (χ1n) is 6.69. The van der Waals surface area contributed by atoms with Crippen LogP contribution >= 0.6 is 0 Å². The molecule has 6 heteroatoms. The van der Waals surface area contributed by atoms with Gasteiger partial charge in [0.1, 0.15) is 5.82 Å². The van der Waals surface area contributed by atoms with E-state index in [-0.39, 0.29) is 23.7 Å². The predicted octanol–water partition coefficient (Wildman–Crippen LogP) is 1.15. The Morgan fingerprint density at radius 3 is 2.60 bits per heavy atom. The van der Waals surface area contributed by atoms with Crippen LogP contribution in [-0.2, 0) is 4.79 Å². The van der Waals surface area contributed by atoms with Crippen molar-refractivity contribution < 1.29 is 14.0 Å². The lowest BCUT2D eigenvalue weighted by Gasteiger charge is -2.26. The summed E-state index contributed by atoms with van der Waals surface area (Å²) in [6.07, 6.45) is 3.16. The minimum absolute atomic E-state index is 0.0455. The van der Waals surface area contributed by atoms with Crippen LogP contribution in [0.25, 0.3) is 0 Å². The molecule has 3 N–H and O–H groups in total. The molecule has 0 bridgehead atoms. The van der Waals surface area contributed by atoms with Gasteiger partial charge in [0.2, 0.25) is 5.91 Å². The maximum atomic E-state index is 13.0. The maximum Gasteiger partial charge on any atom is 0.251 e. The minimum Gasteiger partial charge on any atom is -0.396 e. The van der Waals surface area contributed by atoms with E-state index in [1.54, 1.807) is 4.90 Å². The largest absolute Gasteiger partial charge is 0.396 e. The molecule has 108 valence electrons. The number of hydrogen-bond acceptors (Lipinski definition) is 3. The number of carbonyl (C=O) groups is 2. The average Bonchev–Trinajstić information content (AvgIpc) is 2.48. The van der Waals surface area contributed by atoms with Gasteiger partial charge in [-0.25, -0.2) is 4.39 Å². The number of hydrogen-bond donors (Lipinski definition) is 2. The Labute approximate surface area is 116 Å². The number of benzene rings is 1. The molecule has 5 nitrogen and oxygen atoms in total. The number of halogens is 1. The highest BCUT2D eigenvalue weighted by molar-refractivity contribution is 5.97. The molecule has 1 saturated heterocycles. The second-order valence-electron chi connectivity index (χ2n) is 4.86. The van der Waals surface area contributed by atoms with Gasteiger partial charge in [-0.2, -0.15) is 0 Å². The molecule has 20 heavy (non-hydrogen) atoms. The van der Waals surface area contributed by atoms with Gasteiger partial charge in [0.15, 0.2) is 0 Å². The van der Waals surface area contributed by atoms with E-state index in [1.165, 1.54) is 12.1 Å². The Morgan fingerprint density at radius 1 is 1.25 bits per heavy atom. The van der Waals surface area contributed by atoms with E-state index in [1.807, 2.05) is 0 Å². The molecular weight excluding hydrogens is 261 g/mol. The summed E-state index contributed by atoms with van der Waals surface area (Å²) in [7, 11) is 0. The van der Waals surface area contributed by atoms with Crippen LogP contribution in [0, 0.1) is 5.82 Å². The number of nitrogens with zero attached hydrogens (tertiary/aromatic N) is 1. The molecule has 2 rings (SSSR count). The van der Waals surface area contributed by atoms with Gasteiger partial charge in [-0.05, 0) is 37.5 Å². The second-order valence-corrected chi connectivity index (χ2v) is 4.86. The average molecular weight is 279 g/mol. The molecule has 2 amide bonds. The lowest BCUT2D eigenvalue weighted by atomic mass is 10.1. The number of carbonyl (C=O) groups excluding carboxylic acids is 2. The van der Waals surface area contributed by atoms with Crippen molar-refractivity contribution >= 4 is 17.5 Å². The monoisotopic (exact) mass is 279 g/mol. The number of nitrogens with one attached hydrogen (secondary N) is 1. The molecule has 0 saturated carbocycles. The molecule has 1 aliphatic heterocycles. The van der Waals surface area contributed by atoms with Gasteiger partial charge in [-0.15, -0.1) is 0 Å². The Bertz CT molecular complexity index is 513. The summed E-state index contributed by atoms with van der Waals surface area (Å²) >= 11 is 0. The topological polar surface area (TPSA) is 75.4 Å². The Kier molecular flexibility index (Phi) is 4.55. The fraction of sp³-hybridized carbons (Fsp3) is 0.429. The number of rotatable bonds is 3. The fourth-order valence-corrected chi connectivity index (χ4v) is 2.20. The van der Waals surface area contributed by atoms with Crippen molar-refractivity contribution in [2.24, 2.45) is 0 Å². The summed E-state index contributed by atoms with van der Waals surface area (Å²) < 4.78 is 13.0.